The van der Waals surface area contributed by atoms with Gasteiger partial charge in [-0.3, -0.25) is 0 Å². The number of aromatic nitrogens is 6. The minimum atomic E-state index is 0.421. The van der Waals surface area contributed by atoms with E-state index in [0.717, 1.165) is 30.9 Å². The molecule has 3 N–H and O–H groups in total. The average Bonchev–Trinajstić information content (AvgIpc) is 3.00. The van der Waals surface area contributed by atoms with Crippen LogP contribution < -0.4 is 5.73 Å². The highest BCUT2D eigenvalue weighted by Gasteiger charge is 2.07. The van der Waals surface area contributed by atoms with E-state index in [1.165, 1.54) is 6.33 Å². The molecule has 0 amide bonds. The van der Waals surface area contributed by atoms with E-state index >= 15 is 0 Å². The first-order valence-electron chi connectivity index (χ1n) is 5.74. The Morgan fingerprint density at radius 3 is 3.00 bits per heavy atom. The van der Waals surface area contributed by atoms with E-state index in [4.69, 9.17) is 5.73 Å². The van der Waals surface area contributed by atoms with Crippen LogP contribution in [0.4, 0.5) is 5.82 Å². The van der Waals surface area contributed by atoms with Gasteiger partial charge in [0.2, 0.25) is 0 Å². The summed E-state index contributed by atoms with van der Waals surface area (Å²) in [5, 5.41) is 0. The lowest BCUT2D eigenvalue weighted by Crippen LogP contribution is -2.01. The smallest absolute Gasteiger partial charge is 0.165 e. The molecule has 3 heterocycles. The van der Waals surface area contributed by atoms with Crippen LogP contribution >= 0.6 is 0 Å². The third kappa shape index (κ3) is 1.90. The van der Waals surface area contributed by atoms with Crippen molar-refractivity contribution in [2.24, 2.45) is 0 Å². The van der Waals surface area contributed by atoms with Crippen LogP contribution in [0.25, 0.3) is 11.2 Å². The van der Waals surface area contributed by atoms with Gasteiger partial charge >= 0.3 is 0 Å². The number of H-pyrrole nitrogens is 1. The van der Waals surface area contributed by atoms with E-state index in [2.05, 4.69) is 24.9 Å². The van der Waals surface area contributed by atoms with Gasteiger partial charge in [-0.25, -0.2) is 19.9 Å². The van der Waals surface area contributed by atoms with Crippen LogP contribution in [0.3, 0.4) is 0 Å². The molecule has 3 aromatic heterocycles. The molecule has 0 atom stereocenters. The highest BCUT2D eigenvalue weighted by molar-refractivity contribution is 5.80. The Morgan fingerprint density at radius 1 is 1.22 bits per heavy atom. The fourth-order valence-corrected chi connectivity index (χ4v) is 1.91. The number of imidazole rings is 2. The van der Waals surface area contributed by atoms with Gasteiger partial charge in [-0.15, -0.1) is 0 Å². The number of nitrogen functional groups attached to an aromatic ring is 1. The average molecular weight is 243 g/mol. The summed E-state index contributed by atoms with van der Waals surface area (Å²) >= 11 is 0. The number of anilines is 1. The summed E-state index contributed by atoms with van der Waals surface area (Å²) in [4.78, 5) is 19.6. The summed E-state index contributed by atoms with van der Waals surface area (Å²) in [6, 6.07) is 0. The Bertz CT molecular complexity index is 641. The Hall–Kier alpha value is -2.44. The molecule has 0 aromatic carbocycles. The van der Waals surface area contributed by atoms with E-state index in [1.54, 1.807) is 12.5 Å². The van der Waals surface area contributed by atoms with Crippen LogP contribution in [-0.4, -0.2) is 29.5 Å². The monoisotopic (exact) mass is 243 g/mol. The van der Waals surface area contributed by atoms with Gasteiger partial charge in [0.25, 0.3) is 0 Å². The van der Waals surface area contributed by atoms with Crippen LogP contribution in [-0.2, 0) is 13.0 Å². The quantitative estimate of drug-likeness (QED) is 0.705. The number of aromatic amines is 1. The van der Waals surface area contributed by atoms with Crippen molar-refractivity contribution < 1.29 is 0 Å². The Kier molecular flexibility index (Phi) is 2.64. The van der Waals surface area contributed by atoms with Crippen LogP contribution in [0.15, 0.2) is 25.0 Å². The lowest BCUT2D eigenvalue weighted by atomic mass is 10.3. The molecule has 7 nitrogen and oxygen atoms in total. The Balaban J connectivity index is 1.73. The number of rotatable bonds is 4. The van der Waals surface area contributed by atoms with E-state index in [0.29, 0.717) is 11.3 Å². The molecule has 0 spiro atoms. The van der Waals surface area contributed by atoms with Crippen molar-refractivity contribution in [3.63, 3.8) is 0 Å². The van der Waals surface area contributed by atoms with Crippen LogP contribution in [0.2, 0.25) is 0 Å². The molecule has 0 radical (unpaired) electrons. The van der Waals surface area contributed by atoms with Crippen LogP contribution in [0.5, 0.6) is 0 Å². The summed E-state index contributed by atoms with van der Waals surface area (Å²) in [6.07, 6.45) is 8.65. The van der Waals surface area contributed by atoms with Gasteiger partial charge in [0, 0.05) is 25.4 Å². The van der Waals surface area contributed by atoms with E-state index in [9.17, 15) is 0 Å². The maximum atomic E-state index is 5.73. The van der Waals surface area contributed by atoms with E-state index < -0.39 is 0 Å². The van der Waals surface area contributed by atoms with Gasteiger partial charge in [-0.05, 0) is 6.42 Å². The molecule has 0 aliphatic heterocycles. The van der Waals surface area contributed by atoms with Gasteiger partial charge in [0.1, 0.15) is 17.7 Å². The van der Waals surface area contributed by atoms with E-state index in [-0.39, 0.29) is 0 Å². The summed E-state index contributed by atoms with van der Waals surface area (Å²) < 4.78 is 1.98. The first kappa shape index (κ1) is 10.7. The number of hydrogen-bond acceptors (Lipinski definition) is 5. The number of fused-ring (bicyclic) bond motifs is 1. The van der Waals surface area contributed by atoms with Crippen molar-refractivity contribution in [2.45, 2.75) is 19.4 Å². The van der Waals surface area contributed by atoms with Crippen molar-refractivity contribution in [3.05, 3.63) is 30.9 Å². The molecule has 0 fully saturated rings. The van der Waals surface area contributed by atoms with Crippen molar-refractivity contribution in [3.8, 4) is 0 Å². The molecule has 0 unspecified atom stereocenters. The van der Waals surface area contributed by atoms with Gasteiger partial charge in [-0.2, -0.15) is 0 Å². The van der Waals surface area contributed by atoms with Gasteiger partial charge in [-0.1, -0.05) is 0 Å². The zero-order valence-corrected chi connectivity index (χ0v) is 9.74. The van der Waals surface area contributed by atoms with Crippen molar-refractivity contribution in [2.75, 3.05) is 5.73 Å². The zero-order valence-electron chi connectivity index (χ0n) is 9.74. The fourth-order valence-electron chi connectivity index (χ4n) is 1.91. The van der Waals surface area contributed by atoms with Crippen LogP contribution in [0, 0.1) is 0 Å². The van der Waals surface area contributed by atoms with Crippen LogP contribution in [0.1, 0.15) is 12.2 Å². The molecule has 18 heavy (non-hydrogen) atoms. The lowest BCUT2D eigenvalue weighted by molar-refractivity contribution is 0.641. The molecule has 3 rings (SSSR count). The number of nitrogens with two attached hydrogens (primary N) is 1. The minimum absolute atomic E-state index is 0.421. The van der Waals surface area contributed by atoms with Crippen molar-refractivity contribution in [1.82, 2.24) is 29.5 Å². The Labute approximate surface area is 103 Å². The molecule has 0 bridgehead atoms. The molecule has 92 valence electrons. The number of hydrogen-bond donors (Lipinski definition) is 2. The number of aryl methyl sites for hydroxylation is 2. The second kappa shape index (κ2) is 4.44. The van der Waals surface area contributed by atoms with Crippen molar-refractivity contribution in [1.29, 1.82) is 0 Å². The van der Waals surface area contributed by atoms with Crippen molar-refractivity contribution >= 4 is 17.0 Å². The number of nitrogens with zero attached hydrogens (tertiary/aromatic N) is 5. The van der Waals surface area contributed by atoms with E-state index in [1.807, 2.05) is 10.8 Å². The van der Waals surface area contributed by atoms with Gasteiger partial charge in [0.15, 0.2) is 11.5 Å². The predicted molar refractivity (Wildman–Crippen MR) is 66.6 cm³/mol. The SMILES string of the molecule is Nc1ncnc2c1ncn2CCCc1ncc[nH]1. The summed E-state index contributed by atoms with van der Waals surface area (Å²) in [5.74, 6) is 1.42. The highest BCUT2D eigenvalue weighted by Crippen LogP contribution is 2.14. The normalized spacial score (nSPS) is 11.1. The predicted octanol–water partition coefficient (Wildman–Crippen LogP) is 0.764. The molecule has 0 saturated heterocycles. The van der Waals surface area contributed by atoms with Gasteiger partial charge in [0.05, 0.1) is 6.33 Å². The molecular formula is C11H13N7. The second-order valence-corrected chi connectivity index (χ2v) is 4.01. The maximum absolute atomic E-state index is 5.73. The third-order valence-electron chi connectivity index (χ3n) is 2.80. The second-order valence-electron chi connectivity index (χ2n) is 4.01. The first-order chi connectivity index (χ1) is 8.84. The number of nitrogens with one attached hydrogen (secondary N) is 1. The minimum Gasteiger partial charge on any atom is -0.382 e. The topological polar surface area (TPSA) is 98.3 Å². The molecular weight excluding hydrogens is 230 g/mol. The van der Waals surface area contributed by atoms with Gasteiger partial charge < -0.3 is 15.3 Å². The maximum Gasteiger partial charge on any atom is 0.165 e. The third-order valence-corrected chi connectivity index (χ3v) is 2.80. The summed E-state index contributed by atoms with van der Waals surface area (Å²) in [5.41, 5.74) is 7.18. The molecule has 0 aliphatic carbocycles. The molecule has 7 heteroatoms. The fraction of sp³-hybridized carbons (Fsp3) is 0.273. The lowest BCUT2D eigenvalue weighted by Gasteiger charge is -2.02. The zero-order chi connectivity index (χ0) is 12.4. The summed E-state index contributed by atoms with van der Waals surface area (Å²) in [6.45, 7) is 0.827. The standard InChI is InChI=1S/C11H13N7/c12-10-9-11(16-6-15-10)18(7-17-9)5-1-2-8-13-3-4-14-8/h3-4,6-7H,1-2,5H2,(H,13,14)(H2,12,15,16). The molecule has 0 saturated carbocycles. The molecule has 3 aromatic rings. The largest absolute Gasteiger partial charge is 0.382 e. The Morgan fingerprint density at radius 2 is 2.17 bits per heavy atom. The highest BCUT2D eigenvalue weighted by atomic mass is 15.1. The first-order valence-corrected chi connectivity index (χ1v) is 5.74. The summed E-state index contributed by atoms with van der Waals surface area (Å²) in [7, 11) is 0. The molecule has 0 aliphatic rings.